The number of carbonyl (C=O) groups excluding carboxylic acids is 2. The number of carboxylic acid groups (broad SMARTS) is 1. The van der Waals surface area contributed by atoms with Gasteiger partial charge in [-0.15, -0.1) is 0 Å². The molecular weight excluding hydrogens is 428 g/mol. The fraction of sp³-hybridized carbons (Fsp3) is 0.111. The Morgan fingerprint density at radius 2 is 2.13 bits per heavy atom. The van der Waals surface area contributed by atoms with Crippen LogP contribution in [0.4, 0.5) is 10.8 Å². The van der Waals surface area contributed by atoms with E-state index < -0.39 is 11.9 Å². The molecule has 0 atom stereocenters. The molecule has 0 aliphatic carbocycles. The number of carbonyl (C=O) groups is 3. The predicted octanol–water partition coefficient (Wildman–Crippen LogP) is 2.71. The summed E-state index contributed by atoms with van der Waals surface area (Å²) in [6, 6.07) is 5.56. The summed E-state index contributed by atoms with van der Waals surface area (Å²) >= 11 is 2.38. The monoisotopic (exact) mass is 442 g/mol. The first-order chi connectivity index (χ1) is 14.5. The number of benzene rings is 1. The van der Waals surface area contributed by atoms with Gasteiger partial charge in [0.1, 0.15) is 0 Å². The average Bonchev–Trinajstić information content (AvgIpc) is 3.41. The fourth-order valence-corrected chi connectivity index (χ4v) is 4.22. The minimum absolute atomic E-state index is 0.131. The number of thioether (sulfide) groups is 1. The second kappa shape index (κ2) is 8.47. The van der Waals surface area contributed by atoms with Crippen molar-refractivity contribution in [1.82, 2.24) is 20.5 Å². The van der Waals surface area contributed by atoms with Crippen LogP contribution in [0, 0.1) is 0 Å². The lowest BCUT2D eigenvalue weighted by molar-refractivity contribution is -0.138. The van der Waals surface area contributed by atoms with Crippen LogP contribution >= 0.6 is 23.1 Å². The van der Waals surface area contributed by atoms with Gasteiger partial charge in [0.05, 0.1) is 33.6 Å². The summed E-state index contributed by atoms with van der Waals surface area (Å²) < 4.78 is 0. The first kappa shape index (κ1) is 19.8. The number of fused-ring (bicyclic) bond motifs is 1. The zero-order valence-electron chi connectivity index (χ0n) is 15.2. The van der Waals surface area contributed by atoms with Crippen LogP contribution in [-0.4, -0.2) is 43.2 Å². The molecule has 1 saturated heterocycles. The molecule has 0 spiro atoms. The number of aliphatic carboxylic acids is 1. The van der Waals surface area contributed by atoms with E-state index in [9.17, 15) is 14.4 Å². The smallest absolute Gasteiger partial charge is 0.303 e. The quantitative estimate of drug-likeness (QED) is 0.429. The molecule has 30 heavy (non-hydrogen) atoms. The zero-order chi connectivity index (χ0) is 21.1. The first-order valence-corrected chi connectivity index (χ1v) is 10.3. The van der Waals surface area contributed by atoms with E-state index in [-0.39, 0.29) is 18.7 Å². The number of amides is 2. The van der Waals surface area contributed by atoms with Gasteiger partial charge in [-0.25, -0.2) is 9.98 Å². The summed E-state index contributed by atoms with van der Waals surface area (Å²) in [4.78, 5) is 44.1. The number of carboxylic acids is 1. The maximum atomic E-state index is 12.2. The number of anilines is 1. The standard InChI is InChI=1S/C18H14N6O4S2/c25-14(3-4-15(26)27)22-17-19-8-11(29-17)6-13-16(28)23-18(30-13)21-10-2-1-9-7-20-24-12(9)5-10/h1-2,5-8H,3-4H2,(H,20,24)(H,26,27)(H,19,22,25)(H,21,23,28). The van der Waals surface area contributed by atoms with Gasteiger partial charge in [-0.3, -0.25) is 19.5 Å². The molecule has 0 radical (unpaired) electrons. The molecule has 4 N–H and O–H groups in total. The Morgan fingerprint density at radius 3 is 2.97 bits per heavy atom. The normalized spacial score (nSPS) is 16.3. The van der Waals surface area contributed by atoms with Crippen LogP contribution in [0.3, 0.4) is 0 Å². The maximum absolute atomic E-state index is 12.2. The number of amidine groups is 1. The number of aromatic amines is 1. The van der Waals surface area contributed by atoms with Crippen LogP contribution in [0.2, 0.25) is 0 Å². The van der Waals surface area contributed by atoms with Gasteiger partial charge in [-0.2, -0.15) is 5.10 Å². The summed E-state index contributed by atoms with van der Waals surface area (Å²) in [6.07, 6.45) is 4.52. The van der Waals surface area contributed by atoms with Crippen molar-refractivity contribution < 1.29 is 19.5 Å². The highest BCUT2D eigenvalue weighted by Crippen LogP contribution is 2.30. The van der Waals surface area contributed by atoms with Gasteiger partial charge in [0.25, 0.3) is 5.91 Å². The lowest BCUT2D eigenvalue weighted by Crippen LogP contribution is -2.19. The van der Waals surface area contributed by atoms with Crippen molar-refractivity contribution in [2.24, 2.45) is 4.99 Å². The summed E-state index contributed by atoms with van der Waals surface area (Å²) in [6.45, 7) is 0. The van der Waals surface area contributed by atoms with E-state index in [2.05, 4.69) is 30.8 Å². The molecule has 1 fully saturated rings. The Balaban J connectivity index is 1.43. The van der Waals surface area contributed by atoms with E-state index in [0.29, 0.717) is 25.8 Å². The van der Waals surface area contributed by atoms with Crippen molar-refractivity contribution in [2.45, 2.75) is 12.8 Å². The van der Waals surface area contributed by atoms with Gasteiger partial charge in [0.2, 0.25) is 5.91 Å². The highest BCUT2D eigenvalue weighted by Gasteiger charge is 2.24. The third kappa shape index (κ3) is 4.72. The largest absolute Gasteiger partial charge is 0.481 e. The minimum Gasteiger partial charge on any atom is -0.481 e. The van der Waals surface area contributed by atoms with E-state index in [1.54, 1.807) is 12.3 Å². The van der Waals surface area contributed by atoms with E-state index in [1.165, 1.54) is 29.3 Å². The molecule has 1 aliphatic heterocycles. The average molecular weight is 442 g/mol. The number of thiazole rings is 1. The molecule has 10 nitrogen and oxygen atoms in total. The summed E-state index contributed by atoms with van der Waals surface area (Å²) in [5.74, 6) is -1.75. The maximum Gasteiger partial charge on any atom is 0.303 e. The second-order valence-electron chi connectivity index (χ2n) is 6.13. The van der Waals surface area contributed by atoms with Crippen molar-refractivity contribution in [3.63, 3.8) is 0 Å². The molecule has 12 heteroatoms. The number of rotatable bonds is 6. The molecule has 4 rings (SSSR count). The Kier molecular flexibility index (Phi) is 5.59. The molecule has 3 heterocycles. The van der Waals surface area contributed by atoms with Crippen molar-refractivity contribution in [1.29, 1.82) is 0 Å². The summed E-state index contributed by atoms with van der Waals surface area (Å²) in [5, 5.41) is 22.5. The lowest BCUT2D eigenvalue weighted by Gasteiger charge is -1.98. The number of hydrogen-bond donors (Lipinski definition) is 4. The van der Waals surface area contributed by atoms with Gasteiger partial charge in [0.15, 0.2) is 10.3 Å². The molecular formula is C18H14N6O4S2. The molecule has 0 bridgehead atoms. The third-order valence-corrected chi connectivity index (χ3v) is 5.69. The van der Waals surface area contributed by atoms with Crippen LogP contribution in [0.1, 0.15) is 17.7 Å². The van der Waals surface area contributed by atoms with Crippen molar-refractivity contribution in [3.05, 3.63) is 40.4 Å². The molecule has 152 valence electrons. The van der Waals surface area contributed by atoms with Crippen molar-refractivity contribution >= 4 is 73.8 Å². The number of hydrogen-bond acceptors (Lipinski definition) is 8. The molecule has 2 aromatic heterocycles. The Labute approximate surface area is 177 Å². The van der Waals surface area contributed by atoms with Crippen molar-refractivity contribution in [3.8, 4) is 0 Å². The van der Waals surface area contributed by atoms with Gasteiger partial charge in [0, 0.05) is 18.0 Å². The van der Waals surface area contributed by atoms with Crippen LogP contribution < -0.4 is 10.6 Å². The zero-order valence-corrected chi connectivity index (χ0v) is 16.8. The van der Waals surface area contributed by atoms with E-state index in [1.807, 2.05) is 18.2 Å². The number of aliphatic imine (C=N–C) groups is 1. The van der Waals surface area contributed by atoms with Gasteiger partial charge in [-0.05, 0) is 36.0 Å². The summed E-state index contributed by atoms with van der Waals surface area (Å²) in [5.41, 5.74) is 1.53. The predicted molar refractivity (Wildman–Crippen MR) is 115 cm³/mol. The lowest BCUT2D eigenvalue weighted by atomic mass is 10.2. The van der Waals surface area contributed by atoms with E-state index in [4.69, 9.17) is 5.11 Å². The topological polar surface area (TPSA) is 149 Å². The molecule has 2 amide bonds. The summed E-state index contributed by atoms with van der Waals surface area (Å²) in [7, 11) is 0. The Hall–Kier alpha value is -3.51. The van der Waals surface area contributed by atoms with Gasteiger partial charge >= 0.3 is 5.97 Å². The van der Waals surface area contributed by atoms with E-state index in [0.717, 1.165) is 10.9 Å². The van der Waals surface area contributed by atoms with Crippen molar-refractivity contribution in [2.75, 3.05) is 5.32 Å². The SMILES string of the molecule is O=C(O)CCC(=O)Nc1ncc(C=C2SC(=Nc3ccc4cn[nH]c4c3)NC2=O)s1. The van der Waals surface area contributed by atoms with Crippen LogP contribution in [0.15, 0.2) is 40.5 Å². The van der Waals surface area contributed by atoms with Crippen LogP contribution in [0.25, 0.3) is 17.0 Å². The highest BCUT2D eigenvalue weighted by atomic mass is 32.2. The van der Waals surface area contributed by atoms with Crippen LogP contribution in [-0.2, 0) is 14.4 Å². The Bertz CT molecular complexity index is 1210. The van der Waals surface area contributed by atoms with Crippen LogP contribution in [0.5, 0.6) is 0 Å². The minimum atomic E-state index is -1.04. The molecule has 1 aliphatic rings. The number of aromatic nitrogens is 3. The highest BCUT2D eigenvalue weighted by molar-refractivity contribution is 8.18. The number of nitrogens with one attached hydrogen (secondary N) is 3. The van der Waals surface area contributed by atoms with E-state index >= 15 is 0 Å². The second-order valence-corrected chi connectivity index (χ2v) is 8.23. The third-order valence-electron chi connectivity index (χ3n) is 3.92. The molecule has 0 saturated carbocycles. The number of H-pyrrole nitrogens is 1. The first-order valence-electron chi connectivity index (χ1n) is 8.66. The fourth-order valence-electron chi connectivity index (χ4n) is 2.53. The molecule has 1 aromatic carbocycles. The van der Waals surface area contributed by atoms with Gasteiger partial charge in [-0.1, -0.05) is 11.3 Å². The Morgan fingerprint density at radius 1 is 1.27 bits per heavy atom. The number of nitrogens with zero attached hydrogens (tertiary/aromatic N) is 3. The molecule has 0 unspecified atom stereocenters. The molecule has 3 aromatic rings. The van der Waals surface area contributed by atoms with Gasteiger partial charge < -0.3 is 15.7 Å².